The Morgan fingerprint density at radius 1 is 1.05 bits per heavy atom. The number of nitrogens with zero attached hydrogens (tertiary/aromatic N) is 7. The van der Waals surface area contributed by atoms with Gasteiger partial charge in [0.15, 0.2) is 5.65 Å². The van der Waals surface area contributed by atoms with Gasteiger partial charge in [0.1, 0.15) is 23.8 Å². The van der Waals surface area contributed by atoms with E-state index in [0.717, 1.165) is 47.9 Å². The van der Waals surface area contributed by atoms with Crippen LogP contribution in [0.4, 0.5) is 17.3 Å². The molecular weight excluding hydrogens is 506 g/mol. The Morgan fingerprint density at radius 3 is 2.73 bits per heavy atom. The molecule has 11 nitrogen and oxygen atoms in total. The largest absolute Gasteiger partial charge is 0.364 e. The van der Waals surface area contributed by atoms with Gasteiger partial charge in [-0.15, -0.1) is 0 Å². The summed E-state index contributed by atoms with van der Waals surface area (Å²) in [6, 6.07) is 5.75. The van der Waals surface area contributed by atoms with Gasteiger partial charge in [0.25, 0.3) is 0 Å². The van der Waals surface area contributed by atoms with E-state index in [4.69, 9.17) is 4.98 Å². The maximum Gasteiger partial charge on any atom is 0.230 e. The molecule has 5 heterocycles. The van der Waals surface area contributed by atoms with Gasteiger partial charge >= 0.3 is 0 Å². The van der Waals surface area contributed by atoms with Crippen molar-refractivity contribution in [2.45, 2.75) is 51.0 Å². The van der Waals surface area contributed by atoms with Crippen molar-refractivity contribution in [2.75, 3.05) is 22.1 Å². The highest BCUT2D eigenvalue weighted by Crippen LogP contribution is 2.49. The van der Waals surface area contributed by atoms with Crippen LogP contribution in [0.15, 0.2) is 43.1 Å². The Hall–Kier alpha value is -4.41. The van der Waals surface area contributed by atoms with Crippen LogP contribution in [0.5, 0.6) is 0 Å². The van der Waals surface area contributed by atoms with E-state index in [2.05, 4.69) is 47.2 Å². The molecule has 11 heteroatoms. The lowest BCUT2D eigenvalue weighted by molar-refractivity contribution is -0.119. The molecule has 40 heavy (non-hydrogen) atoms. The predicted octanol–water partition coefficient (Wildman–Crippen LogP) is 3.44. The van der Waals surface area contributed by atoms with Crippen molar-refractivity contribution in [2.24, 2.45) is 17.8 Å². The van der Waals surface area contributed by atoms with E-state index >= 15 is 0 Å². The zero-order valence-corrected chi connectivity index (χ0v) is 22.1. The van der Waals surface area contributed by atoms with Crippen LogP contribution in [-0.2, 0) is 16.1 Å². The molecule has 0 radical (unpaired) electrons. The molecule has 0 spiro atoms. The first-order valence-corrected chi connectivity index (χ1v) is 14.0. The van der Waals surface area contributed by atoms with Crippen LogP contribution in [0.2, 0.25) is 0 Å². The number of amides is 2. The zero-order chi connectivity index (χ0) is 27.0. The summed E-state index contributed by atoms with van der Waals surface area (Å²) >= 11 is 0. The molecule has 3 saturated carbocycles. The zero-order valence-electron chi connectivity index (χ0n) is 22.1. The van der Waals surface area contributed by atoms with Crippen LogP contribution in [0, 0.1) is 24.7 Å². The van der Waals surface area contributed by atoms with Gasteiger partial charge in [0.2, 0.25) is 11.8 Å². The van der Waals surface area contributed by atoms with Gasteiger partial charge in [-0.1, -0.05) is 0 Å². The van der Waals surface area contributed by atoms with Gasteiger partial charge in [0.05, 0.1) is 17.9 Å². The number of hydrogen-bond acceptors (Lipinski definition) is 8. The second kappa shape index (κ2) is 8.80. The van der Waals surface area contributed by atoms with Crippen molar-refractivity contribution >= 4 is 34.8 Å². The lowest BCUT2D eigenvalue weighted by Gasteiger charge is -2.20. The van der Waals surface area contributed by atoms with Crippen LogP contribution >= 0.6 is 0 Å². The standard InChI is InChI=1S/C29H29N9O2/c1-15-4-5-30-26(34-15)21-8-22(21)28(39)36-25-9-24(32-14-33-25)31-10-19-13-37-11-17(16-2-3-16)7-23(27(37)35-19)38-12-18-6-20(18)29(38)40/h4-5,7,9,11,13-14,16,18,20-22H,2-3,6,8,10,12H2,1H3,(H2,31,32,33,36,39)/t18-,20-,21?,22?/m1/s1. The SMILES string of the molecule is Cc1ccnc(C2CC2C(=O)Nc2cc(NCc3cn4cc(C5CC5)cc(N5C[C@H]6C[C@H]6C5=O)c4n3)ncn2)n1. The average molecular weight is 536 g/mol. The number of carbonyl (C=O) groups is 2. The fraction of sp³-hybridized carbons (Fsp3) is 0.414. The number of aryl methyl sites for hydroxylation is 1. The molecule has 3 aliphatic carbocycles. The van der Waals surface area contributed by atoms with E-state index in [0.29, 0.717) is 30.0 Å². The molecule has 4 aromatic rings. The molecule has 1 saturated heterocycles. The number of hydrogen-bond donors (Lipinski definition) is 2. The van der Waals surface area contributed by atoms with Crippen LogP contribution in [0.1, 0.15) is 60.3 Å². The molecule has 2 N–H and O–H groups in total. The molecule has 4 fully saturated rings. The Bertz CT molecular complexity index is 1680. The van der Waals surface area contributed by atoms with Gasteiger partial charge in [-0.3, -0.25) is 9.59 Å². The molecule has 0 bridgehead atoms. The second-order valence-corrected chi connectivity index (χ2v) is 11.6. The molecule has 0 aromatic carbocycles. The molecule has 4 aliphatic rings. The van der Waals surface area contributed by atoms with Crippen molar-refractivity contribution in [3.63, 3.8) is 0 Å². The number of anilines is 3. The molecular formula is C29H29N9O2. The third kappa shape index (κ3) is 4.25. The molecule has 1 aliphatic heterocycles. The van der Waals surface area contributed by atoms with Crippen LogP contribution in [0.3, 0.4) is 0 Å². The number of piperidine rings is 1. The van der Waals surface area contributed by atoms with E-state index in [1.54, 1.807) is 12.3 Å². The lowest BCUT2D eigenvalue weighted by atomic mass is 10.1. The van der Waals surface area contributed by atoms with E-state index in [1.807, 2.05) is 24.1 Å². The summed E-state index contributed by atoms with van der Waals surface area (Å²) in [4.78, 5) is 49.9. The monoisotopic (exact) mass is 535 g/mol. The van der Waals surface area contributed by atoms with Crippen molar-refractivity contribution in [1.82, 2.24) is 29.3 Å². The molecule has 4 aromatic heterocycles. The van der Waals surface area contributed by atoms with Crippen molar-refractivity contribution in [1.29, 1.82) is 0 Å². The number of imidazole rings is 1. The summed E-state index contributed by atoms with van der Waals surface area (Å²) in [7, 11) is 0. The third-order valence-electron chi connectivity index (χ3n) is 8.51. The number of carbonyl (C=O) groups excluding carboxylic acids is 2. The van der Waals surface area contributed by atoms with Gasteiger partial charge < -0.3 is 19.9 Å². The summed E-state index contributed by atoms with van der Waals surface area (Å²) in [5.41, 5.74) is 4.75. The van der Waals surface area contributed by atoms with Crippen molar-refractivity contribution in [3.05, 3.63) is 65.9 Å². The van der Waals surface area contributed by atoms with Gasteiger partial charge in [-0.05, 0) is 62.1 Å². The number of nitrogens with one attached hydrogen (secondary N) is 2. The van der Waals surface area contributed by atoms with Crippen LogP contribution in [0.25, 0.3) is 5.65 Å². The quantitative estimate of drug-likeness (QED) is 0.351. The van der Waals surface area contributed by atoms with Crippen LogP contribution in [-0.4, -0.2) is 47.7 Å². The maximum absolute atomic E-state index is 12.9. The first-order chi connectivity index (χ1) is 19.5. The molecule has 4 atom stereocenters. The minimum absolute atomic E-state index is 0.0429. The number of pyridine rings is 1. The second-order valence-electron chi connectivity index (χ2n) is 11.6. The average Bonchev–Trinajstić information content (AvgIpc) is 3.85. The maximum atomic E-state index is 12.9. The summed E-state index contributed by atoms with van der Waals surface area (Å²) in [6.45, 7) is 3.16. The lowest BCUT2D eigenvalue weighted by Crippen LogP contribution is -2.28. The third-order valence-corrected chi connectivity index (χ3v) is 8.51. The fourth-order valence-electron chi connectivity index (χ4n) is 5.91. The normalized spacial score (nSPS) is 24.7. The fourth-order valence-corrected chi connectivity index (χ4v) is 5.91. The number of rotatable bonds is 8. The first-order valence-electron chi connectivity index (χ1n) is 14.0. The summed E-state index contributed by atoms with van der Waals surface area (Å²) in [5.74, 6) is 3.06. The summed E-state index contributed by atoms with van der Waals surface area (Å²) < 4.78 is 2.06. The van der Waals surface area contributed by atoms with E-state index < -0.39 is 0 Å². The Kier molecular flexibility index (Phi) is 5.17. The molecule has 2 unspecified atom stereocenters. The van der Waals surface area contributed by atoms with Crippen LogP contribution < -0.4 is 15.5 Å². The van der Waals surface area contributed by atoms with Gasteiger partial charge in [-0.25, -0.2) is 24.9 Å². The summed E-state index contributed by atoms with van der Waals surface area (Å²) in [6.07, 6.45) is 11.5. The Balaban J connectivity index is 0.962. The Labute approximate surface area is 230 Å². The van der Waals surface area contributed by atoms with E-state index in [9.17, 15) is 9.59 Å². The van der Waals surface area contributed by atoms with E-state index in [1.165, 1.54) is 24.7 Å². The smallest absolute Gasteiger partial charge is 0.230 e. The Morgan fingerprint density at radius 2 is 1.93 bits per heavy atom. The number of aromatic nitrogens is 6. The first kappa shape index (κ1) is 23.5. The predicted molar refractivity (Wildman–Crippen MR) is 147 cm³/mol. The molecule has 2 amide bonds. The highest BCUT2D eigenvalue weighted by atomic mass is 16.2. The minimum atomic E-state index is -0.158. The van der Waals surface area contributed by atoms with Crippen molar-refractivity contribution < 1.29 is 9.59 Å². The van der Waals surface area contributed by atoms with Gasteiger partial charge in [0, 0.05) is 54.6 Å². The minimum Gasteiger partial charge on any atom is -0.364 e. The van der Waals surface area contributed by atoms with E-state index in [-0.39, 0.29) is 29.6 Å². The topological polar surface area (TPSA) is 130 Å². The molecule has 202 valence electrons. The molecule has 8 rings (SSSR count). The highest BCUT2D eigenvalue weighted by Gasteiger charge is 2.53. The highest BCUT2D eigenvalue weighted by molar-refractivity contribution is 6.02. The number of fused-ring (bicyclic) bond motifs is 2. The summed E-state index contributed by atoms with van der Waals surface area (Å²) in [5, 5.41) is 6.21. The van der Waals surface area contributed by atoms with Gasteiger partial charge in [-0.2, -0.15) is 0 Å². The van der Waals surface area contributed by atoms with Crippen molar-refractivity contribution in [3.8, 4) is 0 Å².